The summed E-state index contributed by atoms with van der Waals surface area (Å²) in [6, 6.07) is 5.83. The Labute approximate surface area is 142 Å². The molecule has 1 aromatic heterocycles. The fourth-order valence-corrected chi connectivity index (χ4v) is 2.52. The second kappa shape index (κ2) is 7.57. The van der Waals surface area contributed by atoms with Gasteiger partial charge in [-0.2, -0.15) is 18.3 Å². The monoisotopic (exact) mass is 355 g/mol. The summed E-state index contributed by atoms with van der Waals surface area (Å²) in [6.45, 7) is 0.429. The number of alkyl halides is 3. The second-order valence-electron chi connectivity index (χ2n) is 5.17. The number of thioether (sulfide) groups is 1. The number of hydrogen-bond donors (Lipinski definition) is 0. The molecular formula is C16H16F3N3OS. The average Bonchev–Trinajstić information content (AvgIpc) is 2.89. The van der Waals surface area contributed by atoms with Crippen molar-refractivity contribution in [3.05, 3.63) is 53.9 Å². The number of amides is 1. The molecule has 0 aliphatic heterocycles. The van der Waals surface area contributed by atoms with Gasteiger partial charge in [-0.15, -0.1) is 0 Å². The first-order valence-corrected chi connectivity index (χ1v) is 7.81. The van der Waals surface area contributed by atoms with Crippen LogP contribution < -0.4 is 0 Å². The molecule has 1 aromatic carbocycles. The quantitative estimate of drug-likeness (QED) is 0.606. The van der Waals surface area contributed by atoms with Crippen LogP contribution in [-0.4, -0.2) is 33.1 Å². The van der Waals surface area contributed by atoms with Crippen molar-refractivity contribution < 1.29 is 18.0 Å². The van der Waals surface area contributed by atoms with Gasteiger partial charge in [-0.05, 0) is 35.5 Å². The molecule has 0 fully saturated rings. The molecule has 2 aromatic rings. The van der Waals surface area contributed by atoms with Crippen molar-refractivity contribution >= 4 is 23.7 Å². The van der Waals surface area contributed by atoms with Crippen molar-refractivity contribution in [3.8, 4) is 0 Å². The highest BCUT2D eigenvalue weighted by atomic mass is 32.2. The highest BCUT2D eigenvalue weighted by molar-refractivity contribution is 8.00. The molecule has 24 heavy (non-hydrogen) atoms. The van der Waals surface area contributed by atoms with Crippen molar-refractivity contribution in [1.29, 1.82) is 0 Å². The molecule has 8 heteroatoms. The summed E-state index contributed by atoms with van der Waals surface area (Å²) < 4.78 is 38.4. The van der Waals surface area contributed by atoms with E-state index in [-0.39, 0.29) is 22.6 Å². The normalized spacial score (nSPS) is 11.9. The molecule has 0 atom stereocenters. The molecule has 0 N–H and O–H groups in total. The maximum absolute atomic E-state index is 12.3. The van der Waals surface area contributed by atoms with Crippen LogP contribution in [0.15, 0.2) is 47.6 Å². The lowest BCUT2D eigenvalue weighted by Gasteiger charge is -2.13. The fraction of sp³-hybridized carbons (Fsp3) is 0.250. The standard InChI is InChI=1S/C16H16F3N3OS/c1-21(10-13-9-20-22(2)11-13)15(23)8-5-12-3-6-14(7-4-12)24-16(17,18)19/h3-9,11H,10H2,1-2H3/b8-5+. The van der Waals surface area contributed by atoms with Crippen molar-refractivity contribution in [1.82, 2.24) is 14.7 Å². The van der Waals surface area contributed by atoms with Crippen LogP contribution in [0.2, 0.25) is 0 Å². The third-order valence-electron chi connectivity index (χ3n) is 3.09. The Bertz CT molecular complexity index is 723. The molecule has 0 spiro atoms. The van der Waals surface area contributed by atoms with Crippen LogP contribution in [0.3, 0.4) is 0 Å². The molecule has 0 saturated carbocycles. The lowest BCUT2D eigenvalue weighted by molar-refractivity contribution is -0.125. The number of halogens is 3. The third-order valence-corrected chi connectivity index (χ3v) is 3.83. The number of carbonyl (C=O) groups excluding carboxylic acids is 1. The first kappa shape index (κ1) is 18.1. The van der Waals surface area contributed by atoms with E-state index in [2.05, 4.69) is 5.10 Å². The summed E-state index contributed by atoms with van der Waals surface area (Å²) in [5.74, 6) is -0.201. The van der Waals surface area contributed by atoms with Gasteiger partial charge < -0.3 is 4.90 Å². The minimum absolute atomic E-state index is 0.111. The van der Waals surface area contributed by atoms with Crippen molar-refractivity contribution in [2.45, 2.75) is 16.9 Å². The summed E-state index contributed by atoms with van der Waals surface area (Å²) in [5, 5.41) is 4.03. The number of aryl methyl sites for hydroxylation is 1. The minimum Gasteiger partial charge on any atom is -0.338 e. The van der Waals surface area contributed by atoms with Gasteiger partial charge in [0.1, 0.15) is 0 Å². The summed E-state index contributed by atoms with van der Waals surface area (Å²) in [6.07, 6.45) is 6.47. The summed E-state index contributed by atoms with van der Waals surface area (Å²) in [7, 11) is 3.47. The maximum Gasteiger partial charge on any atom is 0.446 e. The molecule has 0 radical (unpaired) electrons. The SMILES string of the molecule is CN(Cc1cnn(C)c1)C(=O)/C=C/c1ccc(SC(F)(F)F)cc1. The predicted molar refractivity (Wildman–Crippen MR) is 87.1 cm³/mol. The number of nitrogens with zero attached hydrogens (tertiary/aromatic N) is 3. The first-order chi connectivity index (χ1) is 11.2. The number of carbonyl (C=O) groups is 1. The van der Waals surface area contributed by atoms with Crippen LogP contribution in [0.1, 0.15) is 11.1 Å². The van der Waals surface area contributed by atoms with E-state index in [4.69, 9.17) is 0 Å². The molecule has 2 rings (SSSR count). The van der Waals surface area contributed by atoms with Gasteiger partial charge in [0.05, 0.1) is 6.20 Å². The van der Waals surface area contributed by atoms with Gasteiger partial charge in [0, 0.05) is 43.4 Å². The molecule has 1 heterocycles. The number of rotatable bonds is 5. The lowest BCUT2D eigenvalue weighted by atomic mass is 10.2. The smallest absolute Gasteiger partial charge is 0.338 e. The van der Waals surface area contributed by atoms with E-state index in [0.29, 0.717) is 12.1 Å². The molecule has 0 bridgehead atoms. The zero-order chi connectivity index (χ0) is 17.7. The van der Waals surface area contributed by atoms with Gasteiger partial charge in [-0.25, -0.2) is 0 Å². The summed E-state index contributed by atoms with van der Waals surface area (Å²) in [4.78, 5) is 13.7. The van der Waals surface area contributed by atoms with E-state index in [1.807, 2.05) is 6.20 Å². The number of benzene rings is 1. The van der Waals surface area contributed by atoms with Crippen LogP contribution in [-0.2, 0) is 18.4 Å². The Morgan fingerprint density at radius 3 is 2.54 bits per heavy atom. The molecular weight excluding hydrogens is 339 g/mol. The highest BCUT2D eigenvalue weighted by Crippen LogP contribution is 2.36. The van der Waals surface area contributed by atoms with Crippen molar-refractivity contribution in [2.75, 3.05) is 7.05 Å². The highest BCUT2D eigenvalue weighted by Gasteiger charge is 2.28. The van der Waals surface area contributed by atoms with E-state index >= 15 is 0 Å². The van der Waals surface area contributed by atoms with Gasteiger partial charge in [0.25, 0.3) is 0 Å². The van der Waals surface area contributed by atoms with Crippen LogP contribution in [0.5, 0.6) is 0 Å². The van der Waals surface area contributed by atoms with E-state index in [0.717, 1.165) is 5.56 Å². The topological polar surface area (TPSA) is 38.1 Å². The first-order valence-electron chi connectivity index (χ1n) is 6.99. The minimum atomic E-state index is -4.30. The molecule has 0 unspecified atom stereocenters. The predicted octanol–water partition coefficient (Wildman–Crippen LogP) is 3.70. The number of aromatic nitrogens is 2. The van der Waals surface area contributed by atoms with Gasteiger partial charge in [0.2, 0.25) is 5.91 Å². The van der Waals surface area contributed by atoms with Crippen LogP contribution in [0.25, 0.3) is 6.08 Å². The Hall–Kier alpha value is -2.22. The number of hydrogen-bond acceptors (Lipinski definition) is 3. The van der Waals surface area contributed by atoms with Gasteiger partial charge in [-0.3, -0.25) is 9.48 Å². The van der Waals surface area contributed by atoms with Crippen molar-refractivity contribution in [2.24, 2.45) is 7.05 Å². The van der Waals surface area contributed by atoms with Crippen LogP contribution in [0, 0.1) is 0 Å². The van der Waals surface area contributed by atoms with Gasteiger partial charge >= 0.3 is 5.51 Å². The van der Waals surface area contributed by atoms with E-state index in [9.17, 15) is 18.0 Å². The Morgan fingerprint density at radius 2 is 2.00 bits per heavy atom. The summed E-state index contributed by atoms with van der Waals surface area (Å²) in [5.41, 5.74) is -2.73. The lowest BCUT2D eigenvalue weighted by Crippen LogP contribution is -2.23. The van der Waals surface area contributed by atoms with E-state index in [1.165, 1.54) is 23.1 Å². The molecule has 0 saturated heterocycles. The molecule has 0 aliphatic rings. The zero-order valence-corrected chi connectivity index (χ0v) is 13.9. The Kier molecular flexibility index (Phi) is 5.71. The molecule has 128 valence electrons. The average molecular weight is 355 g/mol. The van der Waals surface area contributed by atoms with Gasteiger partial charge in [0.15, 0.2) is 0 Å². The van der Waals surface area contributed by atoms with Crippen LogP contribution >= 0.6 is 11.8 Å². The zero-order valence-electron chi connectivity index (χ0n) is 13.1. The van der Waals surface area contributed by atoms with E-state index in [1.54, 1.807) is 43.2 Å². The molecule has 0 aliphatic carbocycles. The molecule has 4 nitrogen and oxygen atoms in total. The largest absolute Gasteiger partial charge is 0.446 e. The third kappa shape index (κ3) is 5.77. The molecule has 1 amide bonds. The fourth-order valence-electron chi connectivity index (χ4n) is 1.98. The van der Waals surface area contributed by atoms with E-state index < -0.39 is 5.51 Å². The maximum atomic E-state index is 12.3. The second-order valence-corrected chi connectivity index (χ2v) is 6.31. The van der Waals surface area contributed by atoms with Crippen molar-refractivity contribution in [3.63, 3.8) is 0 Å². The Morgan fingerprint density at radius 1 is 1.33 bits per heavy atom. The van der Waals surface area contributed by atoms with Crippen LogP contribution in [0.4, 0.5) is 13.2 Å². The number of likely N-dealkylation sites (N-methyl/N-ethyl adjacent to an activating group) is 1. The summed E-state index contributed by atoms with van der Waals surface area (Å²) >= 11 is -0.165. The Balaban J connectivity index is 1.93. The van der Waals surface area contributed by atoms with Gasteiger partial charge in [-0.1, -0.05) is 12.1 Å².